The van der Waals surface area contributed by atoms with Crippen molar-refractivity contribution < 1.29 is 14.3 Å². The zero-order valence-corrected chi connectivity index (χ0v) is 15.4. The van der Waals surface area contributed by atoms with Crippen LogP contribution in [0, 0.1) is 0 Å². The Morgan fingerprint density at radius 3 is 2.31 bits per heavy atom. The number of amides is 3. The number of nitrogens with one attached hydrogen (secondary N) is 2. The van der Waals surface area contributed by atoms with Crippen LogP contribution in [0.15, 0.2) is 54.6 Å². The standard InChI is InChI=1S/C20H25N3O3/c1-15(24)21-17-10-7-11-18(13-17)22-20(25)23(2)19(14-26-3)12-16-8-5-4-6-9-16/h4-11,13,19H,12,14H2,1-3H3,(H,21,24)(H,22,25). The lowest BCUT2D eigenvalue weighted by atomic mass is 10.1. The van der Waals surface area contributed by atoms with E-state index in [1.807, 2.05) is 30.3 Å². The summed E-state index contributed by atoms with van der Waals surface area (Å²) in [6.07, 6.45) is 0.699. The predicted molar refractivity (Wildman–Crippen MR) is 103 cm³/mol. The molecule has 0 spiro atoms. The van der Waals surface area contributed by atoms with Gasteiger partial charge in [0, 0.05) is 32.5 Å². The maximum absolute atomic E-state index is 12.6. The molecular formula is C20H25N3O3. The molecule has 0 aliphatic rings. The molecule has 1 atom stereocenters. The zero-order valence-electron chi connectivity index (χ0n) is 15.4. The maximum atomic E-state index is 12.6. The van der Waals surface area contributed by atoms with Crippen molar-refractivity contribution in [2.45, 2.75) is 19.4 Å². The fourth-order valence-electron chi connectivity index (χ4n) is 2.64. The van der Waals surface area contributed by atoms with Gasteiger partial charge in [-0.05, 0) is 30.2 Å². The molecule has 2 aromatic carbocycles. The van der Waals surface area contributed by atoms with Gasteiger partial charge in [-0.15, -0.1) is 0 Å². The molecule has 2 rings (SSSR count). The second-order valence-corrected chi connectivity index (χ2v) is 6.10. The summed E-state index contributed by atoms with van der Waals surface area (Å²) in [7, 11) is 3.38. The van der Waals surface area contributed by atoms with Crippen LogP contribution in [0.5, 0.6) is 0 Å². The number of methoxy groups -OCH3 is 1. The molecule has 6 nitrogen and oxygen atoms in total. The van der Waals surface area contributed by atoms with Crippen LogP contribution in [0.4, 0.5) is 16.2 Å². The number of nitrogens with zero attached hydrogens (tertiary/aromatic N) is 1. The summed E-state index contributed by atoms with van der Waals surface area (Å²) in [5, 5.41) is 5.56. The highest BCUT2D eigenvalue weighted by molar-refractivity contribution is 5.92. The minimum absolute atomic E-state index is 0.0964. The normalized spacial score (nSPS) is 11.5. The van der Waals surface area contributed by atoms with Crippen molar-refractivity contribution in [2.24, 2.45) is 0 Å². The van der Waals surface area contributed by atoms with Crippen molar-refractivity contribution in [3.63, 3.8) is 0 Å². The number of benzene rings is 2. The molecule has 0 saturated carbocycles. The summed E-state index contributed by atoms with van der Waals surface area (Å²) in [6, 6.07) is 16.7. The van der Waals surface area contributed by atoms with E-state index in [0.29, 0.717) is 24.4 Å². The van der Waals surface area contributed by atoms with Gasteiger partial charge in [-0.3, -0.25) is 4.79 Å². The van der Waals surface area contributed by atoms with E-state index >= 15 is 0 Å². The van der Waals surface area contributed by atoms with Gasteiger partial charge < -0.3 is 20.3 Å². The largest absolute Gasteiger partial charge is 0.383 e. The first-order valence-electron chi connectivity index (χ1n) is 8.44. The van der Waals surface area contributed by atoms with Crippen LogP contribution in [0.3, 0.4) is 0 Å². The van der Waals surface area contributed by atoms with Crippen LogP contribution >= 0.6 is 0 Å². The third-order valence-electron chi connectivity index (χ3n) is 3.98. The first kappa shape index (κ1) is 19.5. The summed E-state index contributed by atoms with van der Waals surface area (Å²) >= 11 is 0. The number of anilines is 2. The zero-order chi connectivity index (χ0) is 18.9. The molecule has 2 N–H and O–H groups in total. The molecule has 0 aliphatic heterocycles. The van der Waals surface area contributed by atoms with Crippen LogP contribution < -0.4 is 10.6 Å². The predicted octanol–water partition coefficient (Wildman–Crippen LogP) is 3.37. The van der Waals surface area contributed by atoms with Crippen LogP contribution in [-0.2, 0) is 16.0 Å². The van der Waals surface area contributed by atoms with E-state index in [9.17, 15) is 9.59 Å². The lowest BCUT2D eigenvalue weighted by Crippen LogP contribution is -2.43. The smallest absolute Gasteiger partial charge is 0.321 e. The van der Waals surface area contributed by atoms with Crippen molar-refractivity contribution in [3.05, 3.63) is 60.2 Å². The number of carbonyl (C=O) groups excluding carboxylic acids is 2. The Bertz CT molecular complexity index is 734. The molecule has 0 aromatic heterocycles. The third-order valence-corrected chi connectivity index (χ3v) is 3.98. The molecule has 0 bridgehead atoms. The number of rotatable bonds is 7. The van der Waals surface area contributed by atoms with Crippen LogP contribution in [0.25, 0.3) is 0 Å². The number of hydrogen-bond acceptors (Lipinski definition) is 3. The van der Waals surface area contributed by atoms with E-state index < -0.39 is 0 Å². The van der Waals surface area contributed by atoms with E-state index in [-0.39, 0.29) is 18.0 Å². The van der Waals surface area contributed by atoms with Gasteiger partial charge in [0.2, 0.25) is 5.91 Å². The molecule has 1 unspecified atom stereocenters. The number of carbonyl (C=O) groups is 2. The lowest BCUT2D eigenvalue weighted by molar-refractivity contribution is -0.114. The van der Waals surface area contributed by atoms with Crippen molar-refractivity contribution in [2.75, 3.05) is 31.4 Å². The Labute approximate surface area is 154 Å². The van der Waals surface area contributed by atoms with E-state index in [0.717, 1.165) is 5.56 Å². The molecule has 0 fully saturated rings. The molecule has 6 heteroatoms. The minimum atomic E-state index is -0.233. The SMILES string of the molecule is COCC(Cc1ccccc1)N(C)C(=O)Nc1cccc(NC(C)=O)c1. The van der Waals surface area contributed by atoms with Crippen molar-refractivity contribution in [1.29, 1.82) is 0 Å². The number of ether oxygens (including phenoxy) is 1. The number of urea groups is 1. The molecule has 0 aliphatic carbocycles. The second-order valence-electron chi connectivity index (χ2n) is 6.10. The summed E-state index contributed by atoms with van der Waals surface area (Å²) in [5.41, 5.74) is 2.39. The average molecular weight is 355 g/mol. The summed E-state index contributed by atoms with van der Waals surface area (Å²) < 4.78 is 5.29. The van der Waals surface area contributed by atoms with Crippen LogP contribution in [-0.4, -0.2) is 43.6 Å². The molecule has 3 amide bonds. The summed E-state index contributed by atoms with van der Waals surface area (Å²) in [4.78, 5) is 25.4. The van der Waals surface area contributed by atoms with E-state index in [1.54, 1.807) is 43.3 Å². The van der Waals surface area contributed by atoms with E-state index in [4.69, 9.17) is 4.74 Å². The Balaban J connectivity index is 2.05. The van der Waals surface area contributed by atoms with Gasteiger partial charge in [0.05, 0.1) is 12.6 Å². The highest BCUT2D eigenvalue weighted by Gasteiger charge is 2.20. The van der Waals surface area contributed by atoms with Crippen LogP contribution in [0.1, 0.15) is 12.5 Å². The van der Waals surface area contributed by atoms with Gasteiger partial charge in [0.1, 0.15) is 0 Å². The molecule has 0 saturated heterocycles. The molecular weight excluding hydrogens is 330 g/mol. The maximum Gasteiger partial charge on any atom is 0.321 e. The number of hydrogen-bond donors (Lipinski definition) is 2. The Kier molecular flexibility index (Phi) is 7.17. The van der Waals surface area contributed by atoms with E-state index in [1.165, 1.54) is 6.92 Å². The van der Waals surface area contributed by atoms with E-state index in [2.05, 4.69) is 10.6 Å². The summed E-state index contributed by atoms with van der Waals surface area (Å²) in [6.45, 7) is 1.88. The second kappa shape index (κ2) is 9.58. The molecule has 26 heavy (non-hydrogen) atoms. The average Bonchev–Trinajstić information content (AvgIpc) is 2.61. The third kappa shape index (κ3) is 5.89. The van der Waals surface area contributed by atoms with Crippen molar-refractivity contribution >= 4 is 23.3 Å². The minimum Gasteiger partial charge on any atom is -0.383 e. The molecule has 138 valence electrons. The van der Waals surface area contributed by atoms with Gasteiger partial charge >= 0.3 is 6.03 Å². The fraction of sp³-hybridized carbons (Fsp3) is 0.300. The fourth-order valence-corrected chi connectivity index (χ4v) is 2.64. The summed E-state index contributed by atoms with van der Waals surface area (Å²) in [5.74, 6) is -0.159. The molecule has 0 heterocycles. The van der Waals surface area contributed by atoms with Crippen molar-refractivity contribution in [1.82, 2.24) is 4.90 Å². The van der Waals surface area contributed by atoms with Gasteiger partial charge in [-0.25, -0.2) is 4.79 Å². The lowest BCUT2D eigenvalue weighted by Gasteiger charge is -2.28. The monoisotopic (exact) mass is 355 g/mol. The van der Waals surface area contributed by atoms with Gasteiger partial charge in [-0.1, -0.05) is 36.4 Å². The van der Waals surface area contributed by atoms with Crippen LogP contribution in [0.2, 0.25) is 0 Å². The highest BCUT2D eigenvalue weighted by Crippen LogP contribution is 2.16. The number of likely N-dealkylation sites (N-methyl/N-ethyl adjacent to an activating group) is 1. The van der Waals surface area contributed by atoms with Gasteiger partial charge in [0.25, 0.3) is 0 Å². The first-order chi connectivity index (χ1) is 12.5. The van der Waals surface area contributed by atoms with Crippen molar-refractivity contribution in [3.8, 4) is 0 Å². The molecule has 2 aromatic rings. The highest BCUT2D eigenvalue weighted by atomic mass is 16.5. The topological polar surface area (TPSA) is 70.7 Å². The van der Waals surface area contributed by atoms with Gasteiger partial charge in [-0.2, -0.15) is 0 Å². The molecule has 0 radical (unpaired) electrons. The quantitative estimate of drug-likeness (QED) is 0.800. The first-order valence-corrected chi connectivity index (χ1v) is 8.44. The Morgan fingerprint density at radius 2 is 1.69 bits per heavy atom. The van der Waals surface area contributed by atoms with Gasteiger partial charge in [0.15, 0.2) is 0 Å². The Morgan fingerprint density at radius 1 is 1.04 bits per heavy atom. The Hall–Kier alpha value is -2.86.